The van der Waals surface area contributed by atoms with Gasteiger partial charge in [-0.25, -0.2) is 0 Å². The van der Waals surface area contributed by atoms with Crippen molar-refractivity contribution in [3.05, 3.63) is 41.6 Å². The molecule has 0 saturated heterocycles. The molecule has 1 aliphatic carbocycles. The summed E-state index contributed by atoms with van der Waals surface area (Å²) in [6.07, 6.45) is 4.45. The lowest BCUT2D eigenvalue weighted by molar-refractivity contribution is 0.0755. The van der Waals surface area contributed by atoms with Crippen LogP contribution in [0.4, 0.5) is 5.69 Å². The molecule has 3 aliphatic rings. The van der Waals surface area contributed by atoms with Gasteiger partial charge in [0.15, 0.2) is 0 Å². The molecule has 1 N–H and O–H groups in total. The molecular weight excluding hydrogens is 200 g/mol. The van der Waals surface area contributed by atoms with Gasteiger partial charge in [-0.3, -0.25) is 9.69 Å². The van der Waals surface area contributed by atoms with E-state index in [1.165, 1.54) is 12.0 Å². The zero-order valence-electron chi connectivity index (χ0n) is 8.81. The number of para-hydroxylation sites is 1. The Morgan fingerprint density at radius 1 is 1.31 bits per heavy atom. The van der Waals surface area contributed by atoms with Gasteiger partial charge in [0.2, 0.25) is 0 Å². The van der Waals surface area contributed by atoms with Gasteiger partial charge in [0.1, 0.15) is 6.17 Å². The first-order valence-corrected chi connectivity index (χ1v) is 5.72. The second kappa shape index (κ2) is 2.67. The first kappa shape index (κ1) is 8.39. The number of carbonyl (C=O) groups is 1. The highest BCUT2D eigenvalue weighted by Crippen LogP contribution is 2.47. The predicted molar refractivity (Wildman–Crippen MR) is 60.8 cm³/mol. The fourth-order valence-corrected chi connectivity index (χ4v) is 2.71. The lowest BCUT2D eigenvalue weighted by Crippen LogP contribution is -2.47. The van der Waals surface area contributed by atoms with Crippen LogP contribution in [0, 0.1) is 5.92 Å². The smallest absolute Gasteiger partial charge is 0.261 e. The van der Waals surface area contributed by atoms with Gasteiger partial charge < -0.3 is 5.32 Å². The zero-order chi connectivity index (χ0) is 10.7. The van der Waals surface area contributed by atoms with Crippen LogP contribution in [-0.4, -0.2) is 17.0 Å². The van der Waals surface area contributed by atoms with Gasteiger partial charge in [-0.05, 0) is 36.5 Å². The fourth-order valence-electron chi connectivity index (χ4n) is 2.71. The molecule has 0 radical (unpaired) electrons. The molecule has 0 bridgehead atoms. The van der Waals surface area contributed by atoms with E-state index in [0.29, 0.717) is 0 Å². The molecule has 2 atom stereocenters. The van der Waals surface area contributed by atoms with Crippen molar-refractivity contribution in [3.63, 3.8) is 0 Å². The Kier molecular flexibility index (Phi) is 1.40. The van der Waals surface area contributed by atoms with Crippen molar-refractivity contribution < 1.29 is 4.79 Å². The molecule has 2 heterocycles. The SMILES string of the molecule is O=C1c2ccccc2NC2CC3CC3=CN12. The van der Waals surface area contributed by atoms with Gasteiger partial charge in [-0.2, -0.15) is 0 Å². The van der Waals surface area contributed by atoms with Crippen LogP contribution < -0.4 is 5.32 Å². The van der Waals surface area contributed by atoms with Crippen LogP contribution >= 0.6 is 0 Å². The van der Waals surface area contributed by atoms with E-state index in [4.69, 9.17) is 0 Å². The Balaban J connectivity index is 1.83. The summed E-state index contributed by atoms with van der Waals surface area (Å²) in [4.78, 5) is 14.1. The fraction of sp³-hybridized carbons (Fsp3) is 0.308. The summed E-state index contributed by atoms with van der Waals surface area (Å²) in [5, 5.41) is 3.45. The second-order valence-corrected chi connectivity index (χ2v) is 4.76. The van der Waals surface area contributed by atoms with Crippen molar-refractivity contribution in [2.75, 3.05) is 5.32 Å². The first-order valence-electron chi connectivity index (χ1n) is 5.72. The lowest BCUT2D eigenvalue weighted by atomic mass is 10.0. The van der Waals surface area contributed by atoms with Gasteiger partial charge in [-0.1, -0.05) is 12.1 Å². The van der Waals surface area contributed by atoms with Gasteiger partial charge >= 0.3 is 0 Å². The number of rotatable bonds is 0. The van der Waals surface area contributed by atoms with Crippen LogP contribution in [0.15, 0.2) is 36.0 Å². The van der Waals surface area contributed by atoms with Crippen LogP contribution in [0.2, 0.25) is 0 Å². The van der Waals surface area contributed by atoms with Crippen molar-refractivity contribution in [3.8, 4) is 0 Å². The monoisotopic (exact) mass is 212 g/mol. The topological polar surface area (TPSA) is 32.3 Å². The normalized spacial score (nSPS) is 29.6. The Labute approximate surface area is 93.8 Å². The van der Waals surface area contributed by atoms with Crippen molar-refractivity contribution in [2.24, 2.45) is 5.92 Å². The predicted octanol–water partition coefficient (Wildman–Crippen LogP) is 2.19. The van der Waals surface area contributed by atoms with E-state index in [-0.39, 0.29) is 12.1 Å². The zero-order valence-corrected chi connectivity index (χ0v) is 8.81. The Bertz CT molecular complexity index is 520. The number of hydrogen-bond acceptors (Lipinski definition) is 2. The van der Waals surface area contributed by atoms with Gasteiger partial charge in [0.25, 0.3) is 5.91 Å². The number of hydrogen-bond donors (Lipinski definition) is 1. The Morgan fingerprint density at radius 3 is 3.12 bits per heavy atom. The third kappa shape index (κ3) is 1.00. The molecule has 4 rings (SSSR count). The molecular formula is C13H12N2O. The van der Waals surface area contributed by atoms with Gasteiger partial charge in [0.05, 0.1) is 5.56 Å². The van der Waals surface area contributed by atoms with E-state index in [9.17, 15) is 4.79 Å². The average molecular weight is 212 g/mol. The summed E-state index contributed by atoms with van der Waals surface area (Å²) in [5.74, 6) is 0.865. The molecule has 3 heteroatoms. The molecule has 1 saturated carbocycles. The average Bonchev–Trinajstić information content (AvgIpc) is 3.05. The van der Waals surface area contributed by atoms with Gasteiger partial charge in [-0.15, -0.1) is 0 Å². The third-order valence-electron chi connectivity index (χ3n) is 3.71. The van der Waals surface area contributed by atoms with Crippen molar-refractivity contribution in [2.45, 2.75) is 19.0 Å². The van der Waals surface area contributed by atoms with Gasteiger partial charge in [0, 0.05) is 11.9 Å². The van der Waals surface area contributed by atoms with Crippen molar-refractivity contribution >= 4 is 11.6 Å². The summed E-state index contributed by atoms with van der Waals surface area (Å²) >= 11 is 0. The molecule has 80 valence electrons. The van der Waals surface area contributed by atoms with Crippen molar-refractivity contribution in [1.82, 2.24) is 4.90 Å². The number of allylic oxidation sites excluding steroid dienone is 1. The largest absolute Gasteiger partial charge is 0.364 e. The number of nitrogens with zero attached hydrogens (tertiary/aromatic N) is 1. The maximum atomic E-state index is 12.3. The van der Waals surface area contributed by atoms with Crippen LogP contribution in [0.1, 0.15) is 23.2 Å². The number of fused-ring (bicyclic) bond motifs is 3. The molecule has 2 aliphatic heterocycles. The summed E-state index contributed by atoms with van der Waals surface area (Å²) in [6, 6.07) is 7.75. The quantitative estimate of drug-likeness (QED) is 0.715. The summed E-state index contributed by atoms with van der Waals surface area (Å²) in [5.41, 5.74) is 3.20. The van der Waals surface area contributed by atoms with E-state index >= 15 is 0 Å². The number of anilines is 1. The standard InChI is InChI=1S/C13H12N2O/c16-13-10-3-1-2-4-11(10)14-12-6-8-5-9(8)7-15(12)13/h1-4,7-8,12,14H,5-6H2. The van der Waals surface area contributed by atoms with E-state index in [1.807, 2.05) is 35.4 Å². The van der Waals surface area contributed by atoms with Crippen LogP contribution in [0.3, 0.4) is 0 Å². The van der Waals surface area contributed by atoms with Crippen LogP contribution in [0.5, 0.6) is 0 Å². The minimum atomic E-state index is 0.136. The minimum Gasteiger partial charge on any atom is -0.364 e. The van der Waals surface area contributed by atoms with Crippen LogP contribution in [0.25, 0.3) is 0 Å². The third-order valence-corrected chi connectivity index (χ3v) is 3.71. The molecule has 0 spiro atoms. The molecule has 3 nitrogen and oxygen atoms in total. The lowest BCUT2D eigenvalue weighted by Gasteiger charge is -2.37. The van der Waals surface area contributed by atoms with Crippen LogP contribution in [-0.2, 0) is 0 Å². The van der Waals surface area contributed by atoms with Crippen molar-refractivity contribution in [1.29, 1.82) is 0 Å². The number of amides is 1. The summed E-state index contributed by atoms with van der Waals surface area (Å²) < 4.78 is 0. The molecule has 1 aromatic carbocycles. The maximum absolute atomic E-state index is 12.3. The van der Waals surface area contributed by atoms with E-state index < -0.39 is 0 Å². The molecule has 16 heavy (non-hydrogen) atoms. The van der Waals surface area contributed by atoms with E-state index in [2.05, 4.69) is 5.32 Å². The molecule has 1 fully saturated rings. The minimum absolute atomic E-state index is 0.136. The Hall–Kier alpha value is -1.77. The number of carbonyl (C=O) groups excluding carboxylic acids is 1. The summed E-state index contributed by atoms with van der Waals surface area (Å²) in [7, 11) is 0. The molecule has 2 unspecified atom stereocenters. The molecule has 0 aromatic heterocycles. The number of nitrogens with one attached hydrogen (secondary N) is 1. The highest BCUT2D eigenvalue weighted by atomic mass is 16.2. The highest BCUT2D eigenvalue weighted by molar-refractivity contribution is 6.02. The molecule has 1 aromatic rings. The first-order chi connectivity index (χ1) is 7.83. The highest BCUT2D eigenvalue weighted by Gasteiger charge is 2.42. The van der Waals surface area contributed by atoms with E-state index in [1.54, 1.807) is 0 Å². The molecule has 1 amide bonds. The van der Waals surface area contributed by atoms with E-state index in [0.717, 1.165) is 23.6 Å². The maximum Gasteiger partial charge on any atom is 0.261 e. The Morgan fingerprint density at radius 2 is 2.19 bits per heavy atom. The second-order valence-electron chi connectivity index (χ2n) is 4.76. The summed E-state index contributed by atoms with van der Waals surface area (Å²) in [6.45, 7) is 0. The number of benzene rings is 1.